The molecule has 1 unspecified atom stereocenters. The summed E-state index contributed by atoms with van der Waals surface area (Å²) in [5.41, 5.74) is 2.40. The van der Waals surface area contributed by atoms with Gasteiger partial charge in [0.15, 0.2) is 0 Å². The van der Waals surface area contributed by atoms with Crippen molar-refractivity contribution in [1.29, 1.82) is 0 Å². The number of anilines is 1. The third kappa shape index (κ3) is 3.98. The van der Waals surface area contributed by atoms with E-state index in [1.165, 1.54) is 5.56 Å². The van der Waals surface area contributed by atoms with Gasteiger partial charge in [-0.2, -0.15) is 0 Å². The molecule has 0 amide bonds. The molecule has 3 nitrogen and oxygen atoms in total. The maximum Gasteiger partial charge on any atom is 0.0632 e. The van der Waals surface area contributed by atoms with Crippen LogP contribution in [0.2, 0.25) is 0 Å². The van der Waals surface area contributed by atoms with Gasteiger partial charge in [-0.3, -0.25) is 0 Å². The smallest absolute Gasteiger partial charge is 0.0632 e. The Kier molecular flexibility index (Phi) is 5.95. The molecule has 0 bridgehead atoms. The fraction of sp³-hybridized carbons (Fsp3) is 0.538. The number of benzene rings is 1. The second kappa shape index (κ2) is 6.99. The molecule has 1 atom stereocenters. The quantitative estimate of drug-likeness (QED) is 0.847. The number of hydrogen-bond acceptors (Lipinski definition) is 3. The SMILES string of the molecule is CCNCc1cc(Br)ccc1N(C)C(C)CO. The van der Waals surface area contributed by atoms with Crippen LogP contribution in [0.3, 0.4) is 0 Å². The molecule has 96 valence electrons. The Morgan fingerprint density at radius 2 is 2.18 bits per heavy atom. The fourth-order valence-corrected chi connectivity index (χ4v) is 2.07. The fourth-order valence-electron chi connectivity index (χ4n) is 1.66. The van der Waals surface area contributed by atoms with E-state index in [9.17, 15) is 5.11 Å². The van der Waals surface area contributed by atoms with Crippen LogP contribution in [-0.2, 0) is 6.54 Å². The number of rotatable bonds is 6. The summed E-state index contributed by atoms with van der Waals surface area (Å²) in [7, 11) is 2.01. The van der Waals surface area contributed by atoms with Gasteiger partial charge in [0.1, 0.15) is 0 Å². The summed E-state index contributed by atoms with van der Waals surface area (Å²) in [6, 6.07) is 6.36. The zero-order valence-corrected chi connectivity index (χ0v) is 12.3. The number of nitrogens with one attached hydrogen (secondary N) is 1. The van der Waals surface area contributed by atoms with E-state index in [0.717, 1.165) is 23.2 Å². The molecular formula is C13H21BrN2O. The van der Waals surface area contributed by atoms with Crippen LogP contribution in [0, 0.1) is 0 Å². The summed E-state index contributed by atoms with van der Waals surface area (Å²) in [6.07, 6.45) is 0. The normalized spacial score (nSPS) is 12.5. The first-order valence-electron chi connectivity index (χ1n) is 5.93. The van der Waals surface area contributed by atoms with Gasteiger partial charge < -0.3 is 15.3 Å². The Morgan fingerprint density at radius 1 is 1.47 bits per heavy atom. The van der Waals surface area contributed by atoms with E-state index in [1.807, 2.05) is 20.0 Å². The van der Waals surface area contributed by atoms with Gasteiger partial charge in [0.25, 0.3) is 0 Å². The van der Waals surface area contributed by atoms with Crippen LogP contribution >= 0.6 is 15.9 Å². The minimum Gasteiger partial charge on any atom is -0.394 e. The van der Waals surface area contributed by atoms with E-state index in [-0.39, 0.29) is 12.6 Å². The van der Waals surface area contributed by atoms with Crippen molar-refractivity contribution in [3.63, 3.8) is 0 Å². The van der Waals surface area contributed by atoms with Crippen molar-refractivity contribution in [2.75, 3.05) is 25.1 Å². The second-order valence-corrected chi connectivity index (χ2v) is 5.11. The molecule has 0 fully saturated rings. The molecule has 0 aliphatic rings. The van der Waals surface area contributed by atoms with E-state index in [2.05, 4.69) is 45.2 Å². The van der Waals surface area contributed by atoms with E-state index in [1.54, 1.807) is 0 Å². The van der Waals surface area contributed by atoms with Crippen molar-refractivity contribution >= 4 is 21.6 Å². The predicted octanol–water partition coefficient (Wildman–Crippen LogP) is 2.38. The number of aliphatic hydroxyl groups excluding tert-OH is 1. The van der Waals surface area contributed by atoms with Crippen molar-refractivity contribution in [3.05, 3.63) is 28.2 Å². The highest BCUT2D eigenvalue weighted by Gasteiger charge is 2.12. The van der Waals surface area contributed by atoms with E-state index < -0.39 is 0 Å². The lowest BCUT2D eigenvalue weighted by atomic mass is 10.1. The van der Waals surface area contributed by atoms with Crippen molar-refractivity contribution in [3.8, 4) is 0 Å². The minimum absolute atomic E-state index is 0.122. The van der Waals surface area contributed by atoms with Crippen LogP contribution in [0.1, 0.15) is 19.4 Å². The van der Waals surface area contributed by atoms with Gasteiger partial charge in [0, 0.05) is 29.8 Å². The zero-order valence-electron chi connectivity index (χ0n) is 10.7. The molecule has 1 rings (SSSR count). The standard InChI is InChI=1S/C13H21BrN2O/c1-4-15-8-11-7-12(14)5-6-13(11)16(3)10(2)9-17/h5-7,10,15,17H,4,8-9H2,1-3H3. The van der Waals surface area contributed by atoms with Crippen LogP contribution in [0.5, 0.6) is 0 Å². The molecule has 4 heteroatoms. The second-order valence-electron chi connectivity index (χ2n) is 4.20. The summed E-state index contributed by atoms with van der Waals surface area (Å²) < 4.78 is 1.08. The highest BCUT2D eigenvalue weighted by molar-refractivity contribution is 9.10. The first kappa shape index (κ1) is 14.5. The topological polar surface area (TPSA) is 35.5 Å². The molecule has 0 aliphatic carbocycles. The Balaban J connectivity index is 2.96. The summed E-state index contributed by atoms with van der Waals surface area (Å²) in [5.74, 6) is 0. The molecule has 0 aromatic heterocycles. The van der Waals surface area contributed by atoms with Crippen molar-refractivity contribution in [2.24, 2.45) is 0 Å². The number of hydrogen-bond donors (Lipinski definition) is 2. The predicted molar refractivity (Wildman–Crippen MR) is 76.5 cm³/mol. The lowest BCUT2D eigenvalue weighted by Gasteiger charge is -2.28. The van der Waals surface area contributed by atoms with Gasteiger partial charge >= 0.3 is 0 Å². The van der Waals surface area contributed by atoms with E-state index >= 15 is 0 Å². The first-order valence-corrected chi connectivity index (χ1v) is 6.72. The highest BCUT2D eigenvalue weighted by atomic mass is 79.9. The van der Waals surface area contributed by atoms with Crippen molar-refractivity contribution in [2.45, 2.75) is 26.4 Å². The van der Waals surface area contributed by atoms with Crippen LogP contribution < -0.4 is 10.2 Å². The minimum atomic E-state index is 0.122. The third-order valence-corrected chi connectivity index (χ3v) is 3.41. The first-order chi connectivity index (χ1) is 8.10. The zero-order chi connectivity index (χ0) is 12.8. The molecule has 0 saturated heterocycles. The van der Waals surface area contributed by atoms with Crippen LogP contribution in [0.25, 0.3) is 0 Å². The molecule has 1 aromatic carbocycles. The summed E-state index contributed by atoms with van der Waals surface area (Å²) in [6.45, 7) is 6.06. The van der Waals surface area contributed by atoms with Gasteiger partial charge in [-0.25, -0.2) is 0 Å². The van der Waals surface area contributed by atoms with Crippen LogP contribution in [-0.4, -0.2) is 31.3 Å². The largest absolute Gasteiger partial charge is 0.394 e. The molecular weight excluding hydrogens is 280 g/mol. The number of halogens is 1. The van der Waals surface area contributed by atoms with E-state index in [0.29, 0.717) is 0 Å². The van der Waals surface area contributed by atoms with E-state index in [4.69, 9.17) is 0 Å². The molecule has 0 saturated carbocycles. The van der Waals surface area contributed by atoms with Gasteiger partial charge in [-0.15, -0.1) is 0 Å². The van der Waals surface area contributed by atoms with Crippen molar-refractivity contribution < 1.29 is 5.11 Å². The molecule has 17 heavy (non-hydrogen) atoms. The van der Waals surface area contributed by atoms with Crippen LogP contribution in [0.15, 0.2) is 22.7 Å². The number of aliphatic hydroxyl groups is 1. The van der Waals surface area contributed by atoms with Crippen LogP contribution in [0.4, 0.5) is 5.69 Å². The van der Waals surface area contributed by atoms with Gasteiger partial charge in [-0.05, 0) is 37.2 Å². The Hall–Kier alpha value is -0.580. The molecule has 1 aromatic rings. The Bertz CT molecular complexity index is 357. The third-order valence-electron chi connectivity index (χ3n) is 2.91. The molecule has 2 N–H and O–H groups in total. The summed E-state index contributed by atoms with van der Waals surface area (Å²) >= 11 is 3.50. The Labute approximate surface area is 112 Å². The summed E-state index contributed by atoms with van der Waals surface area (Å²) in [5, 5.41) is 12.6. The lowest BCUT2D eigenvalue weighted by molar-refractivity contribution is 0.270. The van der Waals surface area contributed by atoms with Gasteiger partial charge in [0.05, 0.1) is 6.61 Å². The number of likely N-dealkylation sites (N-methyl/N-ethyl adjacent to an activating group) is 1. The van der Waals surface area contributed by atoms with Gasteiger partial charge in [-0.1, -0.05) is 22.9 Å². The highest BCUT2D eigenvalue weighted by Crippen LogP contribution is 2.25. The molecule has 0 heterocycles. The lowest BCUT2D eigenvalue weighted by Crippen LogP contribution is -2.33. The maximum atomic E-state index is 9.22. The summed E-state index contributed by atoms with van der Waals surface area (Å²) in [4.78, 5) is 2.11. The average molecular weight is 301 g/mol. The molecule has 0 radical (unpaired) electrons. The van der Waals surface area contributed by atoms with Crippen molar-refractivity contribution in [1.82, 2.24) is 5.32 Å². The average Bonchev–Trinajstić information content (AvgIpc) is 2.34. The monoisotopic (exact) mass is 300 g/mol. The van der Waals surface area contributed by atoms with Gasteiger partial charge in [0.2, 0.25) is 0 Å². The maximum absolute atomic E-state index is 9.22. The Morgan fingerprint density at radius 3 is 2.76 bits per heavy atom. The molecule has 0 spiro atoms. The number of nitrogens with zero attached hydrogens (tertiary/aromatic N) is 1. The molecule has 0 aliphatic heterocycles.